The lowest BCUT2D eigenvalue weighted by molar-refractivity contribution is 0.804. The van der Waals surface area contributed by atoms with E-state index in [1.807, 2.05) is 10.7 Å². The lowest BCUT2D eigenvalue weighted by Gasteiger charge is -2.10. The minimum absolute atomic E-state index is 0.598. The standard InChI is InChI=1S/C13H14BrN3/c1-8-6-10(14)4-5-12(8)17-13(9-2-3-9)11(15)7-16-17/h4-7,9H,2-3,15H2,1H3. The van der Waals surface area contributed by atoms with E-state index in [9.17, 15) is 0 Å². The number of aromatic nitrogens is 2. The summed E-state index contributed by atoms with van der Waals surface area (Å²) < 4.78 is 3.08. The molecule has 0 amide bonds. The summed E-state index contributed by atoms with van der Waals surface area (Å²) in [6, 6.07) is 6.22. The number of nitrogens with two attached hydrogens (primary N) is 1. The second kappa shape index (κ2) is 3.88. The lowest BCUT2D eigenvalue weighted by atomic mass is 10.2. The van der Waals surface area contributed by atoms with Crippen LogP contribution in [-0.4, -0.2) is 9.78 Å². The fraction of sp³-hybridized carbons (Fsp3) is 0.308. The third-order valence-electron chi connectivity index (χ3n) is 3.19. The van der Waals surface area contributed by atoms with Crippen molar-refractivity contribution < 1.29 is 0 Å². The predicted molar refractivity (Wildman–Crippen MR) is 72.4 cm³/mol. The molecule has 1 heterocycles. The predicted octanol–water partition coefficient (Wildman–Crippen LogP) is 3.40. The zero-order valence-corrected chi connectivity index (χ0v) is 11.2. The van der Waals surface area contributed by atoms with Gasteiger partial charge in [-0.3, -0.25) is 0 Å². The van der Waals surface area contributed by atoms with E-state index < -0.39 is 0 Å². The molecule has 0 radical (unpaired) electrons. The SMILES string of the molecule is Cc1cc(Br)ccc1-n1ncc(N)c1C1CC1. The summed E-state index contributed by atoms with van der Waals surface area (Å²) in [5.74, 6) is 0.598. The highest BCUT2D eigenvalue weighted by Crippen LogP contribution is 2.43. The van der Waals surface area contributed by atoms with Crippen LogP contribution >= 0.6 is 15.9 Å². The van der Waals surface area contributed by atoms with Gasteiger partial charge in [0.05, 0.1) is 23.3 Å². The molecule has 17 heavy (non-hydrogen) atoms. The molecule has 0 saturated heterocycles. The van der Waals surface area contributed by atoms with Gasteiger partial charge in [0.15, 0.2) is 0 Å². The van der Waals surface area contributed by atoms with Gasteiger partial charge >= 0.3 is 0 Å². The van der Waals surface area contributed by atoms with E-state index in [0.717, 1.165) is 15.8 Å². The fourth-order valence-corrected chi connectivity index (χ4v) is 2.66. The second-order valence-corrected chi connectivity index (χ2v) is 5.52. The molecule has 1 aliphatic carbocycles. The highest BCUT2D eigenvalue weighted by atomic mass is 79.9. The van der Waals surface area contributed by atoms with Crippen LogP contribution in [0, 0.1) is 6.92 Å². The smallest absolute Gasteiger partial charge is 0.0740 e. The molecule has 0 unspecified atom stereocenters. The summed E-state index contributed by atoms with van der Waals surface area (Å²) in [4.78, 5) is 0. The molecule has 1 fully saturated rings. The van der Waals surface area contributed by atoms with E-state index >= 15 is 0 Å². The third-order valence-corrected chi connectivity index (χ3v) is 3.68. The van der Waals surface area contributed by atoms with Crippen molar-refractivity contribution in [3.63, 3.8) is 0 Å². The summed E-state index contributed by atoms with van der Waals surface area (Å²) in [6.45, 7) is 2.09. The topological polar surface area (TPSA) is 43.8 Å². The minimum Gasteiger partial charge on any atom is -0.396 e. The molecule has 1 aliphatic rings. The van der Waals surface area contributed by atoms with E-state index in [1.165, 1.54) is 24.1 Å². The van der Waals surface area contributed by atoms with E-state index in [0.29, 0.717) is 5.92 Å². The van der Waals surface area contributed by atoms with Gasteiger partial charge in [-0.1, -0.05) is 15.9 Å². The van der Waals surface area contributed by atoms with Crippen LogP contribution in [0.3, 0.4) is 0 Å². The summed E-state index contributed by atoms with van der Waals surface area (Å²) in [5, 5.41) is 4.41. The number of nitrogens with zero attached hydrogens (tertiary/aromatic N) is 2. The molecule has 0 bridgehead atoms. The minimum atomic E-state index is 0.598. The quantitative estimate of drug-likeness (QED) is 0.922. The summed E-state index contributed by atoms with van der Waals surface area (Å²) in [7, 11) is 0. The van der Waals surface area contributed by atoms with Crippen LogP contribution in [0.5, 0.6) is 0 Å². The van der Waals surface area contributed by atoms with Crippen molar-refractivity contribution in [3.05, 3.63) is 40.1 Å². The molecule has 0 atom stereocenters. The first-order chi connectivity index (χ1) is 8.16. The molecule has 88 valence electrons. The van der Waals surface area contributed by atoms with E-state index in [-0.39, 0.29) is 0 Å². The first kappa shape index (κ1) is 10.8. The lowest BCUT2D eigenvalue weighted by Crippen LogP contribution is -2.04. The molecule has 0 spiro atoms. The van der Waals surface area contributed by atoms with Gasteiger partial charge in [0.2, 0.25) is 0 Å². The van der Waals surface area contributed by atoms with E-state index in [2.05, 4.69) is 40.1 Å². The first-order valence-electron chi connectivity index (χ1n) is 5.76. The van der Waals surface area contributed by atoms with E-state index in [4.69, 9.17) is 5.73 Å². The maximum atomic E-state index is 6.01. The number of halogens is 1. The van der Waals surface area contributed by atoms with E-state index in [1.54, 1.807) is 6.20 Å². The average molecular weight is 292 g/mol. The number of hydrogen-bond donors (Lipinski definition) is 1. The zero-order chi connectivity index (χ0) is 12.0. The molecule has 1 saturated carbocycles. The Balaban J connectivity index is 2.14. The monoisotopic (exact) mass is 291 g/mol. The van der Waals surface area contributed by atoms with Gasteiger partial charge in [0.25, 0.3) is 0 Å². The van der Waals surface area contributed by atoms with Crippen molar-refractivity contribution in [2.75, 3.05) is 5.73 Å². The Bertz CT molecular complexity index is 570. The van der Waals surface area contributed by atoms with Crippen LogP contribution < -0.4 is 5.73 Å². The Hall–Kier alpha value is -1.29. The second-order valence-electron chi connectivity index (χ2n) is 4.60. The zero-order valence-electron chi connectivity index (χ0n) is 9.65. The maximum absolute atomic E-state index is 6.01. The Morgan fingerprint density at radius 2 is 2.18 bits per heavy atom. The van der Waals surface area contributed by atoms with Crippen molar-refractivity contribution in [3.8, 4) is 5.69 Å². The van der Waals surface area contributed by atoms with Gasteiger partial charge in [0, 0.05) is 10.4 Å². The van der Waals surface area contributed by atoms with Crippen molar-refractivity contribution in [1.29, 1.82) is 0 Å². The highest BCUT2D eigenvalue weighted by Gasteiger charge is 2.30. The van der Waals surface area contributed by atoms with Gasteiger partial charge in [-0.15, -0.1) is 0 Å². The molecule has 2 N–H and O–H groups in total. The molecule has 3 nitrogen and oxygen atoms in total. The van der Waals surface area contributed by atoms with Gasteiger partial charge in [-0.05, 0) is 43.5 Å². The number of anilines is 1. The van der Waals surface area contributed by atoms with Crippen LogP contribution in [-0.2, 0) is 0 Å². The molecular formula is C13H14BrN3. The number of aryl methyl sites for hydroxylation is 1. The van der Waals surface area contributed by atoms with Crippen molar-refractivity contribution in [2.45, 2.75) is 25.7 Å². The number of nitrogen functional groups attached to an aromatic ring is 1. The van der Waals surface area contributed by atoms with Gasteiger partial charge in [-0.2, -0.15) is 5.10 Å². The highest BCUT2D eigenvalue weighted by molar-refractivity contribution is 9.10. The Kier molecular flexibility index (Phi) is 2.47. The van der Waals surface area contributed by atoms with Crippen molar-refractivity contribution in [2.24, 2.45) is 0 Å². The molecule has 3 rings (SSSR count). The molecule has 1 aromatic heterocycles. The van der Waals surface area contributed by atoms with Crippen LogP contribution in [0.4, 0.5) is 5.69 Å². The van der Waals surface area contributed by atoms with Crippen molar-refractivity contribution in [1.82, 2.24) is 9.78 Å². The van der Waals surface area contributed by atoms with Crippen LogP contribution in [0.25, 0.3) is 5.69 Å². The maximum Gasteiger partial charge on any atom is 0.0740 e. The molecule has 4 heteroatoms. The van der Waals surface area contributed by atoms with Gasteiger partial charge in [0.1, 0.15) is 0 Å². The normalized spacial score (nSPS) is 15.2. The molecular weight excluding hydrogens is 278 g/mol. The number of benzene rings is 1. The van der Waals surface area contributed by atoms with Crippen molar-refractivity contribution >= 4 is 21.6 Å². The largest absolute Gasteiger partial charge is 0.396 e. The number of hydrogen-bond acceptors (Lipinski definition) is 2. The first-order valence-corrected chi connectivity index (χ1v) is 6.56. The Labute approximate surface area is 109 Å². The summed E-state index contributed by atoms with van der Waals surface area (Å²) >= 11 is 3.48. The molecule has 0 aliphatic heterocycles. The fourth-order valence-electron chi connectivity index (χ4n) is 2.18. The van der Waals surface area contributed by atoms with Gasteiger partial charge < -0.3 is 5.73 Å². The Morgan fingerprint density at radius 1 is 1.41 bits per heavy atom. The summed E-state index contributed by atoms with van der Waals surface area (Å²) in [6.07, 6.45) is 4.21. The van der Waals surface area contributed by atoms with Crippen LogP contribution in [0.15, 0.2) is 28.9 Å². The molecule has 2 aromatic rings. The molecule has 1 aromatic carbocycles. The van der Waals surface area contributed by atoms with Gasteiger partial charge in [-0.25, -0.2) is 4.68 Å². The van der Waals surface area contributed by atoms with Crippen LogP contribution in [0.1, 0.15) is 30.0 Å². The Morgan fingerprint density at radius 3 is 2.82 bits per heavy atom. The average Bonchev–Trinajstić information content (AvgIpc) is 3.03. The third kappa shape index (κ3) is 1.86. The number of rotatable bonds is 2. The summed E-state index contributed by atoms with van der Waals surface area (Å²) in [5.41, 5.74) is 10.3. The van der Waals surface area contributed by atoms with Crippen LogP contribution in [0.2, 0.25) is 0 Å².